The van der Waals surface area contributed by atoms with Crippen molar-refractivity contribution in [2.24, 2.45) is 11.8 Å². The van der Waals surface area contributed by atoms with Crippen molar-refractivity contribution in [3.05, 3.63) is 0 Å². The Morgan fingerprint density at radius 2 is 1.95 bits per heavy atom. The molecule has 0 aromatic rings. The van der Waals surface area contributed by atoms with Crippen LogP contribution in [0.1, 0.15) is 46.5 Å². The molecule has 1 N–H and O–H groups in total. The van der Waals surface area contributed by atoms with Gasteiger partial charge in [0.05, 0.1) is 6.61 Å². The lowest BCUT2D eigenvalue weighted by Gasteiger charge is -2.37. The molecule has 20 heavy (non-hydrogen) atoms. The molecule has 0 heterocycles. The number of ether oxygens (including phenoxy) is 1. The van der Waals surface area contributed by atoms with Gasteiger partial charge in [0.1, 0.15) is 5.54 Å². The van der Waals surface area contributed by atoms with Crippen LogP contribution in [0.25, 0.3) is 0 Å². The van der Waals surface area contributed by atoms with E-state index in [1.54, 1.807) is 0 Å². The second-order valence-corrected chi connectivity index (χ2v) is 6.27. The predicted molar refractivity (Wildman–Crippen MR) is 80.6 cm³/mol. The first-order chi connectivity index (χ1) is 9.66. The summed E-state index contributed by atoms with van der Waals surface area (Å²) in [5, 5.41) is 3.48. The number of hydrogen-bond donors (Lipinski definition) is 1. The first-order valence-electron chi connectivity index (χ1n) is 8.30. The summed E-state index contributed by atoms with van der Waals surface area (Å²) in [5.74, 6) is 1.27. The SMILES string of the molecule is CCNC(CN(CC)CC1CC1)(C(=O)OCC)C1CC1. The van der Waals surface area contributed by atoms with Gasteiger partial charge in [-0.1, -0.05) is 13.8 Å². The third-order valence-electron chi connectivity index (χ3n) is 4.54. The smallest absolute Gasteiger partial charge is 0.327 e. The second-order valence-electron chi connectivity index (χ2n) is 6.27. The molecule has 0 amide bonds. The highest BCUT2D eigenvalue weighted by molar-refractivity contribution is 5.82. The Bertz CT molecular complexity index is 326. The molecule has 2 saturated carbocycles. The molecule has 2 rings (SSSR count). The highest BCUT2D eigenvalue weighted by Gasteiger charge is 2.52. The Morgan fingerprint density at radius 1 is 1.25 bits per heavy atom. The maximum atomic E-state index is 12.6. The maximum Gasteiger partial charge on any atom is 0.327 e. The zero-order valence-electron chi connectivity index (χ0n) is 13.3. The fourth-order valence-electron chi connectivity index (χ4n) is 3.11. The number of nitrogens with zero attached hydrogens (tertiary/aromatic N) is 1. The summed E-state index contributed by atoms with van der Waals surface area (Å²) < 4.78 is 5.40. The predicted octanol–water partition coefficient (Wildman–Crippen LogP) is 2.04. The number of rotatable bonds is 10. The molecule has 2 fully saturated rings. The van der Waals surface area contributed by atoms with Crippen molar-refractivity contribution in [2.75, 3.05) is 32.8 Å². The number of carbonyl (C=O) groups is 1. The van der Waals surface area contributed by atoms with E-state index >= 15 is 0 Å². The molecular formula is C16H30N2O2. The molecule has 0 spiro atoms. The normalized spacial score (nSPS) is 21.8. The van der Waals surface area contributed by atoms with E-state index < -0.39 is 5.54 Å². The third kappa shape index (κ3) is 3.73. The Hall–Kier alpha value is -0.610. The largest absolute Gasteiger partial charge is 0.465 e. The Kier molecular flexibility index (Phi) is 5.44. The van der Waals surface area contributed by atoms with Crippen molar-refractivity contribution in [3.8, 4) is 0 Å². The zero-order valence-corrected chi connectivity index (χ0v) is 13.3. The van der Waals surface area contributed by atoms with Crippen LogP contribution in [0, 0.1) is 11.8 Å². The van der Waals surface area contributed by atoms with Crippen LogP contribution in [0.2, 0.25) is 0 Å². The maximum absolute atomic E-state index is 12.6. The van der Waals surface area contributed by atoms with Gasteiger partial charge >= 0.3 is 5.97 Å². The van der Waals surface area contributed by atoms with Crippen LogP contribution in [0.15, 0.2) is 0 Å². The molecule has 0 aromatic carbocycles. The van der Waals surface area contributed by atoms with E-state index in [9.17, 15) is 4.79 Å². The Labute approximate surface area is 123 Å². The average molecular weight is 282 g/mol. The van der Waals surface area contributed by atoms with Gasteiger partial charge in [-0.25, -0.2) is 4.79 Å². The lowest BCUT2D eigenvalue weighted by Crippen LogP contribution is -2.61. The van der Waals surface area contributed by atoms with Gasteiger partial charge in [0.15, 0.2) is 0 Å². The van der Waals surface area contributed by atoms with E-state index in [1.165, 1.54) is 12.8 Å². The van der Waals surface area contributed by atoms with Crippen molar-refractivity contribution in [1.29, 1.82) is 0 Å². The van der Waals surface area contributed by atoms with Gasteiger partial charge < -0.3 is 15.0 Å². The molecule has 1 atom stereocenters. The fourth-order valence-corrected chi connectivity index (χ4v) is 3.11. The Balaban J connectivity index is 2.08. The molecule has 1 unspecified atom stereocenters. The van der Waals surface area contributed by atoms with Crippen molar-refractivity contribution >= 4 is 5.97 Å². The van der Waals surface area contributed by atoms with Crippen LogP contribution < -0.4 is 5.32 Å². The minimum absolute atomic E-state index is 0.0430. The van der Waals surface area contributed by atoms with Crippen molar-refractivity contribution in [3.63, 3.8) is 0 Å². The molecule has 0 bridgehead atoms. The summed E-state index contributed by atoms with van der Waals surface area (Å²) in [6.45, 7) is 10.4. The number of esters is 1. The van der Waals surface area contributed by atoms with Crippen LogP contribution >= 0.6 is 0 Å². The standard InChI is InChI=1S/C16H30N2O2/c1-4-17-16(14-9-10-14,15(19)20-6-3)12-18(5-2)11-13-7-8-13/h13-14,17H,4-12H2,1-3H3. The number of nitrogens with one attached hydrogen (secondary N) is 1. The molecule has 4 nitrogen and oxygen atoms in total. The molecule has 4 heteroatoms. The van der Waals surface area contributed by atoms with Crippen LogP contribution in [0.5, 0.6) is 0 Å². The molecule has 116 valence electrons. The summed E-state index contributed by atoms with van der Waals surface area (Å²) in [7, 11) is 0. The van der Waals surface area contributed by atoms with E-state index in [-0.39, 0.29) is 5.97 Å². The lowest BCUT2D eigenvalue weighted by atomic mass is 9.91. The summed E-state index contributed by atoms with van der Waals surface area (Å²) in [4.78, 5) is 15.0. The summed E-state index contributed by atoms with van der Waals surface area (Å²) in [5.41, 5.74) is -0.477. The first-order valence-corrected chi connectivity index (χ1v) is 8.30. The molecular weight excluding hydrogens is 252 g/mol. The van der Waals surface area contributed by atoms with Crippen LogP contribution in [-0.2, 0) is 9.53 Å². The molecule has 0 saturated heterocycles. The molecule has 0 radical (unpaired) electrons. The van der Waals surface area contributed by atoms with Crippen molar-refractivity contribution < 1.29 is 9.53 Å². The van der Waals surface area contributed by atoms with Gasteiger partial charge in [-0.05, 0) is 57.5 Å². The van der Waals surface area contributed by atoms with Gasteiger partial charge in [-0.15, -0.1) is 0 Å². The molecule has 0 aromatic heterocycles. The molecule has 2 aliphatic carbocycles. The van der Waals surface area contributed by atoms with E-state index in [2.05, 4.69) is 24.1 Å². The zero-order chi connectivity index (χ0) is 14.6. The topological polar surface area (TPSA) is 41.6 Å². The second kappa shape index (κ2) is 6.90. The lowest BCUT2D eigenvalue weighted by molar-refractivity contribution is -0.153. The number of hydrogen-bond acceptors (Lipinski definition) is 4. The van der Waals surface area contributed by atoms with Gasteiger partial charge in [-0.3, -0.25) is 0 Å². The number of carbonyl (C=O) groups excluding carboxylic acids is 1. The highest BCUT2D eigenvalue weighted by Crippen LogP contribution is 2.41. The summed E-state index contributed by atoms with van der Waals surface area (Å²) in [6.07, 6.45) is 5.00. The van der Waals surface area contributed by atoms with E-state index in [1.807, 2.05) is 6.92 Å². The highest BCUT2D eigenvalue weighted by atomic mass is 16.5. The third-order valence-corrected chi connectivity index (χ3v) is 4.54. The quantitative estimate of drug-likeness (QED) is 0.623. The minimum Gasteiger partial charge on any atom is -0.465 e. The van der Waals surface area contributed by atoms with E-state index in [0.29, 0.717) is 12.5 Å². The van der Waals surface area contributed by atoms with Gasteiger partial charge in [0.2, 0.25) is 0 Å². The first kappa shape index (κ1) is 15.8. The summed E-state index contributed by atoms with van der Waals surface area (Å²) in [6, 6.07) is 0. The molecule has 2 aliphatic rings. The van der Waals surface area contributed by atoms with E-state index in [0.717, 1.165) is 44.9 Å². The van der Waals surface area contributed by atoms with Crippen molar-refractivity contribution in [2.45, 2.75) is 52.0 Å². The fraction of sp³-hybridized carbons (Fsp3) is 0.938. The molecule has 0 aliphatic heterocycles. The average Bonchev–Trinajstić information content (AvgIpc) is 3.29. The Morgan fingerprint density at radius 3 is 2.40 bits per heavy atom. The van der Waals surface area contributed by atoms with Gasteiger partial charge in [-0.2, -0.15) is 0 Å². The van der Waals surface area contributed by atoms with Crippen LogP contribution in [-0.4, -0.2) is 49.2 Å². The van der Waals surface area contributed by atoms with Gasteiger partial charge in [0.25, 0.3) is 0 Å². The monoisotopic (exact) mass is 282 g/mol. The number of likely N-dealkylation sites (N-methyl/N-ethyl adjacent to an activating group) is 2. The van der Waals surface area contributed by atoms with Crippen LogP contribution in [0.4, 0.5) is 0 Å². The minimum atomic E-state index is -0.477. The van der Waals surface area contributed by atoms with Crippen LogP contribution in [0.3, 0.4) is 0 Å². The van der Waals surface area contributed by atoms with E-state index in [4.69, 9.17) is 4.74 Å². The summed E-state index contributed by atoms with van der Waals surface area (Å²) >= 11 is 0. The van der Waals surface area contributed by atoms with Gasteiger partial charge in [0, 0.05) is 13.1 Å². The van der Waals surface area contributed by atoms with Crippen molar-refractivity contribution in [1.82, 2.24) is 10.2 Å².